The van der Waals surface area contributed by atoms with Crippen LogP contribution in [0, 0.1) is 0 Å². The molecule has 0 spiro atoms. The highest BCUT2D eigenvalue weighted by molar-refractivity contribution is 9.10. The maximum Gasteiger partial charge on any atom is 0.183 e. The number of fused-ring (bicyclic) bond motifs is 1. The van der Waals surface area contributed by atoms with Gasteiger partial charge in [0.05, 0.1) is 4.47 Å². The van der Waals surface area contributed by atoms with Crippen LogP contribution in [-0.4, -0.2) is 24.9 Å². The molecule has 0 aromatic carbocycles. The quantitative estimate of drug-likeness (QED) is 0.751. The van der Waals surface area contributed by atoms with Gasteiger partial charge >= 0.3 is 0 Å². The first kappa shape index (κ1) is 11.4. The third kappa shape index (κ3) is 2.04. The third-order valence-corrected chi connectivity index (χ3v) is 4.02. The summed E-state index contributed by atoms with van der Waals surface area (Å²) in [6.45, 7) is 0. The van der Waals surface area contributed by atoms with E-state index >= 15 is 0 Å². The standard InChI is InChI=1S/C10H7BrN6S/c11-5-2-1-3-13-9(5)18-10-16-6-7(12)14-4-15-8(6)17-10/h1-4H,(H3,12,14,15,16,17). The predicted molar refractivity (Wildman–Crippen MR) is 72.2 cm³/mol. The fourth-order valence-corrected chi connectivity index (χ4v) is 2.66. The van der Waals surface area contributed by atoms with Crippen LogP contribution < -0.4 is 5.73 Å². The smallest absolute Gasteiger partial charge is 0.183 e. The number of nitrogens with one attached hydrogen (secondary N) is 1. The Bertz CT molecular complexity index is 712. The normalized spacial score (nSPS) is 10.9. The minimum absolute atomic E-state index is 0.388. The maximum atomic E-state index is 5.74. The van der Waals surface area contributed by atoms with E-state index in [1.807, 2.05) is 12.1 Å². The summed E-state index contributed by atoms with van der Waals surface area (Å²) in [6.07, 6.45) is 3.12. The highest BCUT2D eigenvalue weighted by Crippen LogP contribution is 2.30. The van der Waals surface area contributed by atoms with Gasteiger partial charge in [0.1, 0.15) is 16.9 Å². The zero-order chi connectivity index (χ0) is 12.5. The first-order valence-electron chi connectivity index (χ1n) is 4.98. The van der Waals surface area contributed by atoms with Gasteiger partial charge in [-0.1, -0.05) is 0 Å². The number of anilines is 1. The van der Waals surface area contributed by atoms with Crippen LogP contribution >= 0.6 is 27.7 Å². The molecule has 3 N–H and O–H groups in total. The largest absolute Gasteiger partial charge is 0.382 e. The Morgan fingerprint density at radius 3 is 2.94 bits per heavy atom. The lowest BCUT2D eigenvalue weighted by Gasteiger charge is -1.98. The van der Waals surface area contributed by atoms with Gasteiger partial charge in [0.15, 0.2) is 16.6 Å². The van der Waals surface area contributed by atoms with Crippen molar-refractivity contribution < 1.29 is 0 Å². The van der Waals surface area contributed by atoms with Gasteiger partial charge in [-0.15, -0.1) is 0 Å². The number of nitrogens with two attached hydrogens (primary N) is 1. The molecule has 3 heterocycles. The summed E-state index contributed by atoms with van der Waals surface area (Å²) in [5.74, 6) is 0.388. The number of rotatable bonds is 2. The first-order chi connectivity index (χ1) is 8.74. The van der Waals surface area contributed by atoms with Crippen molar-refractivity contribution in [2.45, 2.75) is 10.2 Å². The average molecular weight is 323 g/mol. The van der Waals surface area contributed by atoms with E-state index in [1.54, 1.807) is 6.20 Å². The molecule has 0 fully saturated rings. The second kappa shape index (κ2) is 4.54. The molecule has 3 aromatic rings. The molecular weight excluding hydrogens is 316 g/mol. The van der Waals surface area contributed by atoms with E-state index in [1.165, 1.54) is 18.1 Å². The van der Waals surface area contributed by atoms with E-state index < -0.39 is 0 Å². The van der Waals surface area contributed by atoms with Crippen LogP contribution in [0.25, 0.3) is 11.2 Å². The molecule has 0 atom stereocenters. The van der Waals surface area contributed by atoms with Gasteiger partial charge in [0.25, 0.3) is 0 Å². The monoisotopic (exact) mass is 322 g/mol. The summed E-state index contributed by atoms with van der Waals surface area (Å²) in [6, 6.07) is 3.78. The van der Waals surface area contributed by atoms with Crippen molar-refractivity contribution in [3.63, 3.8) is 0 Å². The average Bonchev–Trinajstić information content (AvgIpc) is 2.76. The summed E-state index contributed by atoms with van der Waals surface area (Å²) in [4.78, 5) is 19.6. The molecule has 0 aliphatic rings. The lowest BCUT2D eigenvalue weighted by molar-refractivity contribution is 1.04. The van der Waals surface area contributed by atoms with Crippen LogP contribution in [-0.2, 0) is 0 Å². The highest BCUT2D eigenvalue weighted by Gasteiger charge is 2.10. The summed E-state index contributed by atoms with van der Waals surface area (Å²) in [7, 11) is 0. The number of aromatic nitrogens is 5. The van der Waals surface area contributed by atoms with Gasteiger partial charge < -0.3 is 10.7 Å². The number of nitrogens with zero attached hydrogens (tertiary/aromatic N) is 4. The van der Waals surface area contributed by atoms with Crippen molar-refractivity contribution in [2.75, 3.05) is 5.73 Å². The maximum absolute atomic E-state index is 5.74. The topological polar surface area (TPSA) is 93.4 Å². The van der Waals surface area contributed by atoms with E-state index in [0.717, 1.165) is 9.50 Å². The van der Waals surface area contributed by atoms with Crippen molar-refractivity contribution >= 4 is 44.7 Å². The Morgan fingerprint density at radius 1 is 1.28 bits per heavy atom. The summed E-state index contributed by atoms with van der Waals surface area (Å²) in [5.41, 5.74) is 6.93. The molecule has 0 saturated heterocycles. The molecule has 0 bridgehead atoms. The van der Waals surface area contributed by atoms with Gasteiger partial charge in [-0.05, 0) is 39.8 Å². The van der Waals surface area contributed by atoms with E-state index in [4.69, 9.17) is 5.73 Å². The minimum atomic E-state index is 0.388. The van der Waals surface area contributed by atoms with Crippen LogP contribution in [0.2, 0.25) is 0 Å². The number of hydrogen-bond donors (Lipinski definition) is 2. The number of nitrogen functional groups attached to an aromatic ring is 1. The number of halogens is 1. The Morgan fingerprint density at radius 2 is 2.17 bits per heavy atom. The molecular formula is C10H7BrN6S. The van der Waals surface area contributed by atoms with Crippen molar-refractivity contribution in [3.05, 3.63) is 29.1 Å². The third-order valence-electron chi connectivity index (χ3n) is 2.21. The van der Waals surface area contributed by atoms with Gasteiger partial charge in [-0.2, -0.15) is 0 Å². The summed E-state index contributed by atoms with van der Waals surface area (Å²) in [5, 5.41) is 1.50. The fourth-order valence-electron chi connectivity index (χ4n) is 1.41. The highest BCUT2D eigenvalue weighted by atomic mass is 79.9. The van der Waals surface area contributed by atoms with Crippen molar-refractivity contribution in [1.29, 1.82) is 0 Å². The molecule has 8 heteroatoms. The molecule has 0 saturated carbocycles. The molecule has 6 nitrogen and oxygen atoms in total. The van der Waals surface area contributed by atoms with Gasteiger partial charge in [-0.3, -0.25) is 0 Å². The molecule has 0 radical (unpaired) electrons. The molecule has 0 aliphatic heterocycles. The van der Waals surface area contributed by atoms with Crippen LogP contribution in [0.3, 0.4) is 0 Å². The van der Waals surface area contributed by atoms with E-state index in [0.29, 0.717) is 22.1 Å². The van der Waals surface area contributed by atoms with Crippen molar-refractivity contribution in [1.82, 2.24) is 24.9 Å². The zero-order valence-corrected chi connectivity index (χ0v) is 11.4. The lowest BCUT2D eigenvalue weighted by Crippen LogP contribution is -1.91. The molecule has 0 unspecified atom stereocenters. The number of aromatic amines is 1. The Balaban J connectivity index is 2.01. The number of imidazole rings is 1. The van der Waals surface area contributed by atoms with Crippen molar-refractivity contribution in [3.8, 4) is 0 Å². The molecule has 3 aromatic heterocycles. The molecule has 3 rings (SSSR count). The zero-order valence-electron chi connectivity index (χ0n) is 8.96. The number of H-pyrrole nitrogens is 1. The Kier molecular flexibility index (Phi) is 2.88. The van der Waals surface area contributed by atoms with E-state index in [-0.39, 0.29) is 0 Å². The Labute approximate surface area is 115 Å². The number of hydrogen-bond acceptors (Lipinski definition) is 6. The second-order valence-corrected chi connectivity index (χ2v) is 5.22. The van der Waals surface area contributed by atoms with Gasteiger partial charge in [0, 0.05) is 6.20 Å². The van der Waals surface area contributed by atoms with Crippen LogP contribution in [0.15, 0.2) is 39.3 Å². The van der Waals surface area contributed by atoms with Gasteiger partial charge in [0.2, 0.25) is 0 Å². The van der Waals surface area contributed by atoms with Crippen molar-refractivity contribution in [2.24, 2.45) is 0 Å². The lowest BCUT2D eigenvalue weighted by atomic mass is 10.5. The molecule has 18 heavy (non-hydrogen) atoms. The van der Waals surface area contributed by atoms with Crippen LogP contribution in [0.5, 0.6) is 0 Å². The minimum Gasteiger partial charge on any atom is -0.382 e. The molecule has 0 amide bonds. The van der Waals surface area contributed by atoms with E-state index in [9.17, 15) is 0 Å². The predicted octanol–water partition coefficient (Wildman–Crippen LogP) is 2.24. The van der Waals surface area contributed by atoms with Crippen LogP contribution in [0.1, 0.15) is 0 Å². The Hall–Kier alpha value is -1.67. The number of pyridine rings is 1. The summed E-state index contributed by atoms with van der Waals surface area (Å²) < 4.78 is 0.912. The second-order valence-electron chi connectivity index (χ2n) is 3.39. The fraction of sp³-hybridized carbons (Fsp3) is 0. The molecule has 0 aliphatic carbocycles. The molecule has 90 valence electrons. The van der Waals surface area contributed by atoms with E-state index in [2.05, 4.69) is 40.8 Å². The SMILES string of the molecule is Nc1ncnc2nc(Sc3ncccc3Br)[nH]c12. The van der Waals surface area contributed by atoms with Gasteiger partial charge in [-0.25, -0.2) is 19.9 Å². The van der Waals surface area contributed by atoms with Crippen LogP contribution in [0.4, 0.5) is 5.82 Å². The first-order valence-corrected chi connectivity index (χ1v) is 6.59. The summed E-state index contributed by atoms with van der Waals surface area (Å²) >= 11 is 4.84.